The number of carbonyl (C=O) groups excluding carboxylic acids is 1. The molecule has 0 atom stereocenters. The molecule has 1 N–H and O–H groups in total. The lowest BCUT2D eigenvalue weighted by atomic mass is 10.0. The molecule has 0 saturated heterocycles. The Morgan fingerprint density at radius 1 is 1.03 bits per heavy atom. The fourth-order valence-electron chi connectivity index (χ4n) is 3.23. The molecule has 5 nitrogen and oxygen atoms in total. The smallest absolute Gasteiger partial charge is 0.232 e. The summed E-state index contributed by atoms with van der Waals surface area (Å²) in [4.78, 5) is 12.3. The van der Waals surface area contributed by atoms with Crippen LogP contribution in [-0.2, 0) is 21.4 Å². The monoisotopic (exact) mass is 430 g/mol. The van der Waals surface area contributed by atoms with E-state index in [9.17, 15) is 13.2 Å². The highest BCUT2D eigenvalue weighted by molar-refractivity contribution is 7.92. The lowest BCUT2D eigenvalue weighted by Crippen LogP contribution is -2.32. The normalized spacial score (nSPS) is 11.4. The van der Waals surface area contributed by atoms with Gasteiger partial charge in [-0.3, -0.25) is 9.10 Å². The third kappa shape index (κ3) is 5.71. The van der Waals surface area contributed by atoms with E-state index in [0.717, 1.165) is 22.6 Å². The number of sulfonamides is 1. The van der Waals surface area contributed by atoms with E-state index in [0.29, 0.717) is 23.7 Å². The number of fused-ring (bicyclic) bond motifs is 1. The first-order chi connectivity index (χ1) is 13.8. The molecule has 0 bridgehead atoms. The van der Waals surface area contributed by atoms with Gasteiger partial charge in [0.05, 0.1) is 11.9 Å². The second-order valence-corrected chi connectivity index (χ2v) is 9.18. The van der Waals surface area contributed by atoms with Crippen LogP contribution in [0.2, 0.25) is 5.02 Å². The third-order valence-electron chi connectivity index (χ3n) is 4.62. The number of benzene rings is 3. The van der Waals surface area contributed by atoms with E-state index in [-0.39, 0.29) is 18.9 Å². The lowest BCUT2D eigenvalue weighted by molar-refractivity contribution is -0.121. The average molecular weight is 431 g/mol. The van der Waals surface area contributed by atoms with E-state index in [1.54, 1.807) is 24.3 Å². The molecule has 3 rings (SSSR count). The molecule has 3 aromatic rings. The van der Waals surface area contributed by atoms with Gasteiger partial charge in [-0.25, -0.2) is 8.42 Å². The van der Waals surface area contributed by atoms with E-state index >= 15 is 0 Å². The molecule has 1 amide bonds. The highest BCUT2D eigenvalue weighted by atomic mass is 35.5. The van der Waals surface area contributed by atoms with Crippen molar-refractivity contribution < 1.29 is 13.2 Å². The largest absolute Gasteiger partial charge is 0.352 e. The molecule has 0 aliphatic rings. The molecular weight excluding hydrogens is 408 g/mol. The van der Waals surface area contributed by atoms with Crippen LogP contribution in [-0.4, -0.2) is 27.1 Å². The molecule has 0 radical (unpaired) electrons. The summed E-state index contributed by atoms with van der Waals surface area (Å²) in [7, 11) is -3.47. The lowest BCUT2D eigenvalue weighted by Gasteiger charge is -2.22. The van der Waals surface area contributed by atoms with Gasteiger partial charge in [-0.1, -0.05) is 60.1 Å². The second-order valence-electron chi connectivity index (χ2n) is 6.83. The molecule has 0 aromatic heterocycles. The van der Waals surface area contributed by atoms with Gasteiger partial charge in [-0.05, 0) is 41.0 Å². The summed E-state index contributed by atoms with van der Waals surface area (Å²) in [5.41, 5.74) is 1.55. The maximum atomic E-state index is 12.3. The van der Waals surface area contributed by atoms with Crippen LogP contribution in [0.25, 0.3) is 10.8 Å². The van der Waals surface area contributed by atoms with Gasteiger partial charge in [-0.2, -0.15) is 0 Å². The fraction of sp³-hybridized carbons (Fsp3) is 0.227. The predicted octanol–water partition coefficient (Wildman–Crippen LogP) is 4.36. The highest BCUT2D eigenvalue weighted by Gasteiger charge is 2.17. The van der Waals surface area contributed by atoms with Crippen molar-refractivity contribution in [3.63, 3.8) is 0 Å². The van der Waals surface area contributed by atoms with Gasteiger partial charge in [0.2, 0.25) is 15.9 Å². The van der Waals surface area contributed by atoms with E-state index in [2.05, 4.69) is 5.32 Å². The summed E-state index contributed by atoms with van der Waals surface area (Å²) in [6.07, 6.45) is 1.78. The van der Waals surface area contributed by atoms with Crippen LogP contribution in [0.15, 0.2) is 66.7 Å². The Kier molecular flexibility index (Phi) is 6.77. The number of nitrogens with one attached hydrogen (secondary N) is 1. The zero-order valence-electron chi connectivity index (χ0n) is 16.1. The summed E-state index contributed by atoms with van der Waals surface area (Å²) in [5, 5.41) is 5.63. The molecule has 0 saturated carbocycles. The number of anilines is 1. The first-order valence-electron chi connectivity index (χ1n) is 9.31. The maximum absolute atomic E-state index is 12.3. The minimum Gasteiger partial charge on any atom is -0.352 e. The SMILES string of the molecule is CS(=O)(=O)N(CCCC(=O)NCc1cccc2ccccc12)c1cccc(Cl)c1. The summed E-state index contributed by atoms with van der Waals surface area (Å²) >= 11 is 5.98. The van der Waals surface area contributed by atoms with Crippen molar-refractivity contribution in [3.05, 3.63) is 77.3 Å². The van der Waals surface area contributed by atoms with E-state index in [4.69, 9.17) is 11.6 Å². The standard InChI is InChI=1S/C22H23ClN2O3S/c1-29(27,28)25(20-11-5-10-19(23)15-20)14-6-13-22(26)24-16-18-9-4-8-17-7-2-3-12-21(17)18/h2-5,7-12,15H,6,13-14,16H2,1H3,(H,24,26). The first-order valence-corrected chi connectivity index (χ1v) is 11.5. The van der Waals surface area contributed by atoms with Gasteiger partial charge >= 0.3 is 0 Å². The Morgan fingerprint density at radius 3 is 2.52 bits per heavy atom. The van der Waals surface area contributed by atoms with Crippen molar-refractivity contribution in [3.8, 4) is 0 Å². The average Bonchev–Trinajstić information content (AvgIpc) is 2.68. The molecule has 29 heavy (non-hydrogen) atoms. The van der Waals surface area contributed by atoms with Crippen molar-refractivity contribution in [2.24, 2.45) is 0 Å². The van der Waals surface area contributed by atoms with Crippen molar-refractivity contribution in [2.75, 3.05) is 17.1 Å². The first kappa shape index (κ1) is 21.1. The third-order valence-corrected chi connectivity index (χ3v) is 6.05. The number of carbonyl (C=O) groups is 1. The van der Waals surface area contributed by atoms with Crippen LogP contribution in [0.1, 0.15) is 18.4 Å². The highest BCUT2D eigenvalue weighted by Crippen LogP contribution is 2.22. The predicted molar refractivity (Wildman–Crippen MR) is 119 cm³/mol. The Hall–Kier alpha value is -2.57. The van der Waals surface area contributed by atoms with E-state index < -0.39 is 10.0 Å². The van der Waals surface area contributed by atoms with Crippen molar-refractivity contribution in [1.82, 2.24) is 5.32 Å². The molecule has 0 heterocycles. The van der Waals surface area contributed by atoms with Gasteiger partial charge in [0.25, 0.3) is 0 Å². The molecular formula is C22H23ClN2O3S. The number of nitrogens with zero attached hydrogens (tertiary/aromatic N) is 1. The van der Waals surface area contributed by atoms with Crippen LogP contribution in [0, 0.1) is 0 Å². The van der Waals surface area contributed by atoms with Gasteiger partial charge in [-0.15, -0.1) is 0 Å². The molecule has 0 spiro atoms. The van der Waals surface area contributed by atoms with Gasteiger partial charge < -0.3 is 5.32 Å². The Morgan fingerprint density at radius 2 is 1.76 bits per heavy atom. The molecule has 0 unspecified atom stereocenters. The van der Waals surface area contributed by atoms with Crippen LogP contribution in [0.4, 0.5) is 5.69 Å². The Balaban J connectivity index is 1.57. The van der Waals surface area contributed by atoms with Crippen molar-refractivity contribution >= 4 is 44.0 Å². The van der Waals surface area contributed by atoms with Gasteiger partial charge in [0.15, 0.2) is 0 Å². The minimum absolute atomic E-state index is 0.113. The zero-order chi connectivity index (χ0) is 20.9. The molecule has 0 fully saturated rings. The number of hydrogen-bond acceptors (Lipinski definition) is 3. The van der Waals surface area contributed by atoms with Crippen LogP contribution >= 0.6 is 11.6 Å². The summed E-state index contributed by atoms with van der Waals surface area (Å²) in [6.45, 7) is 0.644. The number of halogens is 1. The van der Waals surface area contributed by atoms with Crippen LogP contribution < -0.4 is 9.62 Å². The molecule has 0 aliphatic carbocycles. The summed E-state index contributed by atoms with van der Waals surface area (Å²) < 4.78 is 25.5. The van der Waals surface area contributed by atoms with Gasteiger partial charge in [0.1, 0.15) is 0 Å². The molecule has 152 valence electrons. The molecule has 3 aromatic carbocycles. The Bertz CT molecular complexity index is 1110. The van der Waals surface area contributed by atoms with E-state index in [1.165, 1.54) is 4.31 Å². The summed E-state index contributed by atoms with van der Waals surface area (Å²) in [6, 6.07) is 20.7. The van der Waals surface area contributed by atoms with E-state index in [1.807, 2.05) is 42.5 Å². The maximum Gasteiger partial charge on any atom is 0.232 e. The van der Waals surface area contributed by atoms with Crippen LogP contribution in [0.3, 0.4) is 0 Å². The van der Waals surface area contributed by atoms with Gasteiger partial charge in [0, 0.05) is 24.5 Å². The fourth-order valence-corrected chi connectivity index (χ4v) is 4.37. The Labute approximate surface area is 176 Å². The van der Waals surface area contributed by atoms with Crippen molar-refractivity contribution in [2.45, 2.75) is 19.4 Å². The zero-order valence-corrected chi connectivity index (χ0v) is 17.7. The van der Waals surface area contributed by atoms with Crippen LogP contribution in [0.5, 0.6) is 0 Å². The quantitative estimate of drug-likeness (QED) is 0.577. The molecule has 0 aliphatic heterocycles. The minimum atomic E-state index is -3.47. The summed E-state index contributed by atoms with van der Waals surface area (Å²) in [5.74, 6) is -0.113. The number of rotatable bonds is 8. The molecule has 7 heteroatoms. The number of hydrogen-bond donors (Lipinski definition) is 1. The number of amides is 1. The van der Waals surface area contributed by atoms with Crippen molar-refractivity contribution in [1.29, 1.82) is 0 Å². The topological polar surface area (TPSA) is 66.5 Å². The second kappa shape index (κ2) is 9.29.